The molecule has 0 amide bonds. The van der Waals surface area contributed by atoms with Gasteiger partial charge in [0.15, 0.2) is 0 Å². The lowest BCUT2D eigenvalue weighted by Crippen LogP contribution is -2.36. The molecule has 3 aromatic rings. The van der Waals surface area contributed by atoms with E-state index in [4.69, 9.17) is 0 Å². The Kier molecular flexibility index (Phi) is 5.31. The van der Waals surface area contributed by atoms with Crippen molar-refractivity contribution in [3.8, 4) is 0 Å². The second kappa shape index (κ2) is 7.90. The number of nitrogens with zero attached hydrogens (tertiary/aromatic N) is 2. The van der Waals surface area contributed by atoms with Crippen LogP contribution in [0.1, 0.15) is 78.2 Å². The minimum absolute atomic E-state index is 0.165. The van der Waals surface area contributed by atoms with Crippen LogP contribution in [0.5, 0.6) is 0 Å². The molecule has 5 rings (SSSR count). The number of pyridine rings is 1. The molecule has 168 valence electrons. The van der Waals surface area contributed by atoms with Gasteiger partial charge in [0, 0.05) is 10.8 Å². The van der Waals surface area contributed by atoms with E-state index in [-0.39, 0.29) is 5.41 Å². The van der Waals surface area contributed by atoms with Gasteiger partial charge in [-0.2, -0.15) is 0 Å². The molecule has 0 spiro atoms. The van der Waals surface area contributed by atoms with Gasteiger partial charge in [-0.25, -0.2) is 9.47 Å². The summed E-state index contributed by atoms with van der Waals surface area (Å²) in [5.74, 6) is 1.36. The average Bonchev–Trinajstić information content (AvgIpc) is 3.41. The van der Waals surface area contributed by atoms with Gasteiger partial charge in [-0.1, -0.05) is 83.5 Å². The van der Waals surface area contributed by atoms with E-state index in [0.717, 1.165) is 19.4 Å². The van der Waals surface area contributed by atoms with Crippen molar-refractivity contribution in [1.82, 2.24) is 0 Å². The van der Waals surface area contributed by atoms with Crippen molar-refractivity contribution in [2.45, 2.75) is 90.6 Å². The van der Waals surface area contributed by atoms with Gasteiger partial charge in [-0.3, -0.25) is 0 Å². The van der Waals surface area contributed by atoms with Crippen LogP contribution in [-0.4, -0.2) is 6.04 Å². The number of aromatic nitrogens is 1. The summed E-state index contributed by atoms with van der Waals surface area (Å²) in [6.45, 7) is 15.0. The largest absolute Gasteiger partial charge is 0.290 e. The molecule has 1 aromatic heterocycles. The topological polar surface area (TPSA) is 7.12 Å². The summed E-state index contributed by atoms with van der Waals surface area (Å²) in [5, 5.41) is 4.20. The minimum Gasteiger partial charge on any atom is -0.227 e. The number of anilines is 1. The van der Waals surface area contributed by atoms with Gasteiger partial charge in [0.25, 0.3) is 5.82 Å². The van der Waals surface area contributed by atoms with E-state index in [2.05, 4.69) is 92.4 Å². The Morgan fingerprint density at radius 2 is 1.75 bits per heavy atom. The molecule has 1 aliphatic carbocycles. The molecule has 1 unspecified atom stereocenters. The monoisotopic (exact) mass is 427 g/mol. The van der Waals surface area contributed by atoms with Gasteiger partial charge < -0.3 is 0 Å². The molecule has 2 nitrogen and oxygen atoms in total. The van der Waals surface area contributed by atoms with E-state index in [1.807, 2.05) is 0 Å². The number of hydrogen-bond donors (Lipinski definition) is 0. The maximum absolute atomic E-state index is 4.32. The Hall–Kier alpha value is -2.35. The molecule has 2 heterocycles. The van der Waals surface area contributed by atoms with Crippen LogP contribution < -0.4 is 9.47 Å². The first-order valence-electron chi connectivity index (χ1n) is 12.7. The van der Waals surface area contributed by atoms with Crippen molar-refractivity contribution in [2.24, 2.45) is 5.41 Å². The summed E-state index contributed by atoms with van der Waals surface area (Å²) in [7, 11) is 0. The van der Waals surface area contributed by atoms with E-state index in [1.165, 1.54) is 65.2 Å². The standard InChI is InChI=1S/C30H39N2/c1-6-30(5,7-2)25-16-13-15-24-23-14-9-10-17-26(23)32-21-22(20-29(4)18-11-12-19-29)31(8-3)28(32)27(24)25/h8-10,13-17,22H,3,6-7,11-12,18-21H2,1-2,4-5H3/q+1. The van der Waals surface area contributed by atoms with Gasteiger partial charge in [0.1, 0.15) is 18.1 Å². The van der Waals surface area contributed by atoms with Gasteiger partial charge >= 0.3 is 0 Å². The lowest BCUT2D eigenvalue weighted by atomic mass is 9.75. The molecule has 1 atom stereocenters. The fourth-order valence-electron chi connectivity index (χ4n) is 6.66. The van der Waals surface area contributed by atoms with Crippen molar-refractivity contribution >= 4 is 27.5 Å². The van der Waals surface area contributed by atoms with E-state index >= 15 is 0 Å². The quantitative estimate of drug-likeness (QED) is 0.289. The first kappa shape index (κ1) is 21.5. The van der Waals surface area contributed by atoms with Crippen molar-refractivity contribution in [2.75, 3.05) is 4.90 Å². The van der Waals surface area contributed by atoms with Crippen LogP contribution in [0.15, 0.2) is 55.2 Å². The molecule has 0 bridgehead atoms. The summed E-state index contributed by atoms with van der Waals surface area (Å²) < 4.78 is 2.61. The maximum Gasteiger partial charge on any atom is 0.290 e. The Morgan fingerprint density at radius 3 is 2.44 bits per heavy atom. The Labute approximate surface area is 193 Å². The number of rotatable bonds is 6. The first-order valence-corrected chi connectivity index (χ1v) is 12.7. The van der Waals surface area contributed by atoms with Gasteiger partial charge in [0.05, 0.1) is 11.6 Å². The van der Waals surface area contributed by atoms with Gasteiger partial charge in [-0.15, -0.1) is 0 Å². The zero-order chi connectivity index (χ0) is 22.5. The Morgan fingerprint density at radius 1 is 1.06 bits per heavy atom. The fraction of sp³-hybridized carbons (Fsp3) is 0.500. The summed E-state index contributed by atoms with van der Waals surface area (Å²) in [4.78, 5) is 2.54. The number of benzene rings is 2. The highest BCUT2D eigenvalue weighted by atomic mass is 15.3. The number of fused-ring (bicyclic) bond motifs is 6. The highest BCUT2D eigenvalue weighted by Crippen LogP contribution is 2.46. The van der Waals surface area contributed by atoms with Crippen LogP contribution in [0, 0.1) is 5.41 Å². The SMILES string of the molecule is C=CN1c2c3c(C(C)(CC)CC)cccc3c3ccccc3[n+]2CC1CC1(C)CCCC1. The predicted molar refractivity (Wildman–Crippen MR) is 137 cm³/mol. The van der Waals surface area contributed by atoms with E-state index in [9.17, 15) is 0 Å². The van der Waals surface area contributed by atoms with Crippen molar-refractivity contribution in [1.29, 1.82) is 0 Å². The van der Waals surface area contributed by atoms with Crippen LogP contribution in [0.2, 0.25) is 0 Å². The van der Waals surface area contributed by atoms with E-state index in [0.29, 0.717) is 11.5 Å². The Bertz CT molecular complexity index is 1160. The molecule has 0 saturated heterocycles. The highest BCUT2D eigenvalue weighted by Gasteiger charge is 2.45. The third-order valence-corrected chi connectivity index (χ3v) is 9.01. The van der Waals surface area contributed by atoms with Crippen LogP contribution in [0.3, 0.4) is 0 Å². The Balaban J connectivity index is 1.80. The predicted octanol–water partition coefficient (Wildman–Crippen LogP) is 7.66. The zero-order valence-corrected chi connectivity index (χ0v) is 20.5. The van der Waals surface area contributed by atoms with Gasteiger partial charge in [0.2, 0.25) is 0 Å². The van der Waals surface area contributed by atoms with Crippen LogP contribution in [0.25, 0.3) is 21.7 Å². The van der Waals surface area contributed by atoms with Crippen molar-refractivity contribution in [3.63, 3.8) is 0 Å². The normalized spacial score (nSPS) is 20.2. The number of hydrogen-bond acceptors (Lipinski definition) is 1. The summed E-state index contributed by atoms with van der Waals surface area (Å²) in [6.07, 6.45) is 11.2. The highest BCUT2D eigenvalue weighted by molar-refractivity contribution is 6.10. The van der Waals surface area contributed by atoms with Crippen molar-refractivity contribution in [3.05, 3.63) is 60.8 Å². The number of para-hydroxylation sites is 1. The molecule has 0 N–H and O–H groups in total. The van der Waals surface area contributed by atoms with Crippen LogP contribution in [-0.2, 0) is 12.0 Å². The third-order valence-electron chi connectivity index (χ3n) is 9.01. The molecule has 1 saturated carbocycles. The molecule has 0 radical (unpaired) electrons. The molecule has 1 aliphatic heterocycles. The second-order valence-corrected chi connectivity index (χ2v) is 10.9. The molecule has 1 fully saturated rings. The molecule has 2 aliphatic rings. The fourth-order valence-corrected chi connectivity index (χ4v) is 6.66. The minimum atomic E-state index is 0.165. The second-order valence-electron chi connectivity index (χ2n) is 10.9. The molecule has 32 heavy (non-hydrogen) atoms. The lowest BCUT2D eigenvalue weighted by Gasteiger charge is -2.30. The van der Waals surface area contributed by atoms with Crippen molar-refractivity contribution < 1.29 is 4.57 Å². The molecular weight excluding hydrogens is 388 g/mol. The average molecular weight is 428 g/mol. The first-order chi connectivity index (χ1) is 15.4. The van der Waals surface area contributed by atoms with E-state index < -0.39 is 0 Å². The summed E-state index contributed by atoms with van der Waals surface area (Å²) >= 11 is 0. The zero-order valence-electron chi connectivity index (χ0n) is 20.5. The van der Waals surface area contributed by atoms with E-state index in [1.54, 1.807) is 0 Å². The van der Waals surface area contributed by atoms with Crippen LogP contribution >= 0.6 is 0 Å². The lowest BCUT2D eigenvalue weighted by molar-refractivity contribution is -0.647. The smallest absolute Gasteiger partial charge is 0.227 e. The summed E-state index contributed by atoms with van der Waals surface area (Å²) in [5.41, 5.74) is 3.48. The molecule has 2 heteroatoms. The third kappa shape index (κ3) is 3.17. The summed E-state index contributed by atoms with van der Waals surface area (Å²) in [6, 6.07) is 16.5. The maximum atomic E-state index is 4.32. The molecular formula is C30H39N2+. The molecule has 2 aromatic carbocycles. The van der Waals surface area contributed by atoms with Crippen LogP contribution in [0.4, 0.5) is 5.82 Å². The van der Waals surface area contributed by atoms with Gasteiger partial charge in [-0.05, 0) is 54.6 Å².